The van der Waals surface area contributed by atoms with Crippen molar-refractivity contribution in [1.82, 2.24) is 20.1 Å². The van der Waals surface area contributed by atoms with E-state index in [1.54, 1.807) is 0 Å². The van der Waals surface area contributed by atoms with Crippen molar-refractivity contribution >= 4 is 34.1 Å². The lowest BCUT2D eigenvalue weighted by Crippen LogP contribution is -2.46. The molecule has 0 bridgehead atoms. The molecule has 3 N–H and O–H groups in total. The van der Waals surface area contributed by atoms with Gasteiger partial charge in [0.1, 0.15) is 0 Å². The van der Waals surface area contributed by atoms with Crippen molar-refractivity contribution in [2.45, 2.75) is 33.0 Å². The third-order valence-electron chi connectivity index (χ3n) is 7.41. The zero-order chi connectivity index (χ0) is 24.7. The number of nitrogens with zero attached hydrogens (tertiary/aromatic N) is 3. The van der Waals surface area contributed by atoms with Gasteiger partial charge in [-0.15, -0.1) is 0 Å². The number of aromatic nitrogens is 1. The van der Waals surface area contributed by atoms with Gasteiger partial charge in [-0.25, -0.2) is 0 Å². The summed E-state index contributed by atoms with van der Waals surface area (Å²) in [5, 5.41) is 13.9. The number of carbonyl (C=O) groups is 1. The lowest BCUT2D eigenvalue weighted by Gasteiger charge is -2.34. The molecule has 1 fully saturated rings. The van der Waals surface area contributed by atoms with E-state index in [1.807, 2.05) is 13.1 Å². The van der Waals surface area contributed by atoms with Crippen LogP contribution in [0.15, 0.2) is 30.3 Å². The number of H-pyrrole nitrogens is 1. The number of hydrogen-bond acceptors (Lipinski definition) is 5. The van der Waals surface area contributed by atoms with Gasteiger partial charge in [-0.05, 0) is 43.7 Å². The second-order valence-electron chi connectivity index (χ2n) is 9.94. The lowest BCUT2D eigenvalue weighted by atomic mass is 9.98. The molecule has 2 aliphatic heterocycles. The van der Waals surface area contributed by atoms with E-state index in [1.165, 1.54) is 5.56 Å². The molecule has 0 saturated carbocycles. The van der Waals surface area contributed by atoms with Crippen LogP contribution in [0.25, 0.3) is 22.2 Å². The molecule has 1 amide bonds. The van der Waals surface area contributed by atoms with Crippen molar-refractivity contribution in [1.29, 1.82) is 0 Å². The number of aliphatic hydroxyl groups is 1. The zero-order valence-corrected chi connectivity index (χ0v) is 21.5. The van der Waals surface area contributed by atoms with Crippen LogP contribution in [0.3, 0.4) is 0 Å². The fourth-order valence-electron chi connectivity index (χ4n) is 5.12. The number of fused-ring (bicyclic) bond motifs is 2. The summed E-state index contributed by atoms with van der Waals surface area (Å²) in [5.74, 6) is -0.0738. The first-order chi connectivity index (χ1) is 16.9. The van der Waals surface area contributed by atoms with Crippen molar-refractivity contribution in [3.63, 3.8) is 0 Å². The molecule has 2 aliphatic rings. The summed E-state index contributed by atoms with van der Waals surface area (Å²) >= 11 is 6.77. The number of halogens is 1. The summed E-state index contributed by atoms with van der Waals surface area (Å²) in [6.45, 7) is 10.6. The van der Waals surface area contributed by atoms with Gasteiger partial charge in [0.25, 0.3) is 5.91 Å². The minimum absolute atomic E-state index is 0.0738. The van der Waals surface area contributed by atoms with Gasteiger partial charge in [0.05, 0.1) is 22.9 Å². The van der Waals surface area contributed by atoms with Crippen LogP contribution in [-0.4, -0.2) is 78.2 Å². The van der Waals surface area contributed by atoms with Crippen molar-refractivity contribution < 1.29 is 9.90 Å². The average Bonchev–Trinajstić information content (AvgIpc) is 3.44. The summed E-state index contributed by atoms with van der Waals surface area (Å²) in [7, 11) is 2.04. The van der Waals surface area contributed by atoms with E-state index in [4.69, 9.17) is 16.7 Å². The minimum atomic E-state index is -0.0738. The fourth-order valence-corrected chi connectivity index (χ4v) is 5.47. The van der Waals surface area contributed by atoms with Crippen LogP contribution >= 0.6 is 11.6 Å². The smallest absolute Gasteiger partial charge is 0.252 e. The number of carbonyl (C=O) groups excluding carboxylic acids is 1. The Hall–Kier alpha value is -2.58. The number of benzene rings is 2. The highest BCUT2D eigenvalue weighted by molar-refractivity contribution is 6.35. The molecule has 0 radical (unpaired) electrons. The van der Waals surface area contributed by atoms with Crippen molar-refractivity contribution in [2.75, 3.05) is 51.3 Å². The summed E-state index contributed by atoms with van der Waals surface area (Å²) < 4.78 is 0. The predicted molar refractivity (Wildman–Crippen MR) is 142 cm³/mol. The highest BCUT2D eigenvalue weighted by atomic mass is 35.5. The maximum atomic E-state index is 12.8. The van der Waals surface area contributed by atoms with E-state index < -0.39 is 0 Å². The van der Waals surface area contributed by atoms with Gasteiger partial charge in [0, 0.05) is 86.6 Å². The van der Waals surface area contributed by atoms with Gasteiger partial charge in [-0.3, -0.25) is 14.6 Å². The second kappa shape index (κ2) is 9.82. The Morgan fingerprint density at radius 3 is 2.57 bits per heavy atom. The Labute approximate surface area is 211 Å². The van der Waals surface area contributed by atoms with Gasteiger partial charge >= 0.3 is 0 Å². The van der Waals surface area contributed by atoms with Crippen LogP contribution in [-0.2, 0) is 13.1 Å². The molecule has 0 unspecified atom stereocenters. The molecule has 3 aromatic rings. The summed E-state index contributed by atoms with van der Waals surface area (Å²) in [6.07, 6.45) is 0. The predicted octanol–water partition coefficient (Wildman–Crippen LogP) is 3.69. The number of aromatic amines is 1. The topological polar surface area (TPSA) is 74.8 Å². The van der Waals surface area contributed by atoms with E-state index >= 15 is 0 Å². The number of amides is 1. The Morgan fingerprint density at radius 1 is 1.11 bits per heavy atom. The zero-order valence-electron chi connectivity index (χ0n) is 20.7. The van der Waals surface area contributed by atoms with E-state index in [9.17, 15) is 4.79 Å². The molecule has 3 heterocycles. The molecule has 5 rings (SSSR count). The number of β-amino-alcohol motifs (C(OH)–C–C–N with tert-alkyl or cyclic N) is 1. The molecule has 1 aromatic heterocycles. The maximum absolute atomic E-state index is 12.8. The first-order valence-corrected chi connectivity index (χ1v) is 12.8. The highest BCUT2D eigenvalue weighted by Gasteiger charge is 2.29. The number of aliphatic hydroxyl groups excluding tert-OH is 1. The van der Waals surface area contributed by atoms with Crippen LogP contribution in [0, 0.1) is 0 Å². The average molecular weight is 496 g/mol. The summed E-state index contributed by atoms with van der Waals surface area (Å²) in [6, 6.07) is 11.0. The van der Waals surface area contributed by atoms with E-state index in [-0.39, 0.29) is 18.6 Å². The van der Waals surface area contributed by atoms with Gasteiger partial charge in [0.2, 0.25) is 0 Å². The van der Waals surface area contributed by atoms with Crippen molar-refractivity contribution in [3.05, 3.63) is 52.0 Å². The molecule has 0 spiro atoms. The third kappa shape index (κ3) is 4.66. The molecular formula is C27H34ClN5O2. The molecular weight excluding hydrogens is 462 g/mol. The molecule has 35 heavy (non-hydrogen) atoms. The SMILES string of the molecule is CC(C)N(C)c1cc(-c2cc3cc(CN4CCN(CCO)CC4)ccc3[nH]2)c2c(c1Cl)CNC2=O. The maximum Gasteiger partial charge on any atom is 0.252 e. The lowest BCUT2D eigenvalue weighted by molar-refractivity contribution is 0.0966. The van der Waals surface area contributed by atoms with Gasteiger partial charge in [0.15, 0.2) is 0 Å². The quantitative estimate of drug-likeness (QED) is 0.466. The standard InChI is InChI=1S/C27H34ClN5O2/c1-17(2)31(3)24-14-20(25-21(26(24)28)15-29-27(25)35)23-13-19-12-18(4-5-22(19)30-23)16-33-8-6-32(7-9-33)10-11-34/h4-5,12-14,17,30,34H,6-11,15-16H2,1-3H3,(H,29,35). The van der Waals surface area contributed by atoms with Crippen LogP contribution < -0.4 is 10.2 Å². The van der Waals surface area contributed by atoms with Crippen LogP contribution in [0.4, 0.5) is 5.69 Å². The minimum Gasteiger partial charge on any atom is -0.395 e. The van der Waals surface area contributed by atoms with Gasteiger partial charge in [-0.2, -0.15) is 0 Å². The van der Waals surface area contributed by atoms with Crippen molar-refractivity contribution in [3.8, 4) is 11.3 Å². The molecule has 0 atom stereocenters. The monoisotopic (exact) mass is 495 g/mol. The molecule has 8 heteroatoms. The molecule has 2 aromatic carbocycles. The number of anilines is 1. The summed E-state index contributed by atoms with van der Waals surface area (Å²) in [4.78, 5) is 23.2. The number of hydrogen-bond donors (Lipinski definition) is 3. The first-order valence-electron chi connectivity index (χ1n) is 12.4. The van der Waals surface area contributed by atoms with Crippen molar-refractivity contribution in [2.24, 2.45) is 0 Å². The molecule has 7 nitrogen and oxygen atoms in total. The fraction of sp³-hybridized carbons (Fsp3) is 0.444. The Kier molecular flexibility index (Phi) is 6.77. The van der Waals surface area contributed by atoms with Crippen LogP contribution in [0.1, 0.15) is 35.3 Å². The highest BCUT2D eigenvalue weighted by Crippen LogP contribution is 2.41. The number of rotatable bonds is 7. The van der Waals surface area contributed by atoms with E-state index in [2.05, 4.69) is 63.1 Å². The molecule has 1 saturated heterocycles. The van der Waals surface area contributed by atoms with Gasteiger partial charge in [-0.1, -0.05) is 17.7 Å². The third-order valence-corrected chi connectivity index (χ3v) is 7.83. The second-order valence-corrected chi connectivity index (χ2v) is 10.3. The van der Waals surface area contributed by atoms with E-state index in [0.29, 0.717) is 17.1 Å². The van der Waals surface area contributed by atoms with Crippen LogP contribution in [0.5, 0.6) is 0 Å². The van der Waals surface area contributed by atoms with Gasteiger partial charge < -0.3 is 20.3 Å². The number of nitrogens with one attached hydrogen (secondary N) is 2. The number of piperazine rings is 1. The normalized spacial score (nSPS) is 16.8. The largest absolute Gasteiger partial charge is 0.395 e. The van der Waals surface area contributed by atoms with Crippen LogP contribution in [0.2, 0.25) is 5.02 Å². The Bertz CT molecular complexity index is 1250. The molecule has 186 valence electrons. The Balaban J connectivity index is 1.45. The first kappa shape index (κ1) is 24.1. The Morgan fingerprint density at radius 2 is 1.86 bits per heavy atom. The molecule has 0 aliphatic carbocycles. The van der Waals surface area contributed by atoms with E-state index in [0.717, 1.165) is 72.7 Å². The summed E-state index contributed by atoms with van der Waals surface area (Å²) in [5.41, 5.74) is 6.62.